The third-order valence-electron chi connectivity index (χ3n) is 3.11. The van der Waals surface area contributed by atoms with Crippen LogP contribution in [0.4, 0.5) is 5.82 Å². The number of aromatic nitrogens is 4. The van der Waals surface area contributed by atoms with E-state index in [0.717, 1.165) is 0 Å². The molecule has 0 aliphatic rings. The van der Waals surface area contributed by atoms with E-state index >= 15 is 0 Å². The zero-order valence-electron chi connectivity index (χ0n) is 12.0. The van der Waals surface area contributed by atoms with E-state index in [0.29, 0.717) is 30.3 Å². The summed E-state index contributed by atoms with van der Waals surface area (Å²) in [6, 6.07) is 3.73. The van der Waals surface area contributed by atoms with Crippen molar-refractivity contribution in [2.45, 2.75) is 32.7 Å². The van der Waals surface area contributed by atoms with Crippen molar-refractivity contribution >= 4 is 5.82 Å². The first kappa shape index (κ1) is 14.0. The number of nitriles is 1. The van der Waals surface area contributed by atoms with Crippen molar-refractivity contribution in [2.24, 2.45) is 0 Å². The lowest BCUT2D eigenvalue weighted by atomic mass is 10.1. The minimum absolute atomic E-state index is 0.138. The van der Waals surface area contributed by atoms with Gasteiger partial charge in [0, 0.05) is 31.4 Å². The predicted octanol–water partition coefficient (Wildman–Crippen LogP) is 1.95. The van der Waals surface area contributed by atoms with E-state index in [-0.39, 0.29) is 5.54 Å². The number of hydrogen-bond acceptors (Lipinski definition) is 5. The Bertz CT molecular complexity index is 609. The molecule has 0 saturated heterocycles. The highest BCUT2D eigenvalue weighted by atomic mass is 15.1. The van der Waals surface area contributed by atoms with Gasteiger partial charge in [-0.25, -0.2) is 15.0 Å². The maximum atomic E-state index is 8.98. The first-order valence-electron chi connectivity index (χ1n) is 6.55. The van der Waals surface area contributed by atoms with Crippen LogP contribution < -0.4 is 5.32 Å². The maximum Gasteiger partial charge on any atom is 0.146 e. The molecule has 0 aromatic carbocycles. The van der Waals surface area contributed by atoms with Crippen LogP contribution in [0.2, 0.25) is 0 Å². The summed E-state index contributed by atoms with van der Waals surface area (Å²) in [4.78, 5) is 12.6. The Morgan fingerprint density at radius 2 is 2.20 bits per heavy atom. The molecular weight excluding hydrogens is 252 g/mol. The zero-order valence-corrected chi connectivity index (χ0v) is 12.0. The van der Waals surface area contributed by atoms with Crippen LogP contribution in [0.15, 0.2) is 24.8 Å². The van der Waals surface area contributed by atoms with Crippen molar-refractivity contribution < 1.29 is 0 Å². The molecule has 2 aromatic heterocycles. The molecule has 0 spiro atoms. The third kappa shape index (κ3) is 3.12. The topological polar surface area (TPSA) is 79.4 Å². The van der Waals surface area contributed by atoms with Crippen molar-refractivity contribution in [2.75, 3.05) is 11.9 Å². The summed E-state index contributed by atoms with van der Waals surface area (Å²) in [6.45, 7) is 6.85. The molecule has 0 aliphatic heterocycles. The van der Waals surface area contributed by atoms with Crippen molar-refractivity contribution in [3.05, 3.63) is 36.3 Å². The van der Waals surface area contributed by atoms with Crippen LogP contribution >= 0.6 is 0 Å². The number of nitrogens with one attached hydrogen (secondary N) is 1. The van der Waals surface area contributed by atoms with E-state index in [9.17, 15) is 0 Å². The molecule has 6 heteroatoms. The van der Waals surface area contributed by atoms with Crippen LogP contribution in [0, 0.1) is 11.3 Å². The number of anilines is 1. The van der Waals surface area contributed by atoms with Gasteiger partial charge in [-0.05, 0) is 13.8 Å². The molecule has 0 aliphatic carbocycles. The van der Waals surface area contributed by atoms with Crippen molar-refractivity contribution in [1.82, 2.24) is 19.5 Å². The standard InChI is InChI=1S/C14H18N6/c1-4-12-18-11(8-15)7-13(19-12)17-9-14(2,3)20-6-5-16-10-20/h5-7,10H,4,9H2,1-3H3,(H,17,18,19). The van der Waals surface area contributed by atoms with Gasteiger partial charge in [-0.1, -0.05) is 6.92 Å². The van der Waals surface area contributed by atoms with E-state index in [4.69, 9.17) is 5.26 Å². The van der Waals surface area contributed by atoms with Gasteiger partial charge in [-0.2, -0.15) is 5.26 Å². The fraction of sp³-hybridized carbons (Fsp3) is 0.429. The summed E-state index contributed by atoms with van der Waals surface area (Å²) in [5.41, 5.74) is 0.250. The van der Waals surface area contributed by atoms with Gasteiger partial charge in [0.1, 0.15) is 23.4 Å². The lowest BCUT2D eigenvalue weighted by Gasteiger charge is -2.27. The fourth-order valence-electron chi connectivity index (χ4n) is 1.82. The summed E-state index contributed by atoms with van der Waals surface area (Å²) in [5.74, 6) is 1.36. The monoisotopic (exact) mass is 270 g/mol. The van der Waals surface area contributed by atoms with Crippen molar-refractivity contribution in [3.8, 4) is 6.07 Å². The SMILES string of the molecule is CCc1nc(C#N)cc(NCC(C)(C)n2ccnc2)n1. The largest absolute Gasteiger partial charge is 0.368 e. The Balaban J connectivity index is 2.13. The Hall–Kier alpha value is -2.42. The lowest BCUT2D eigenvalue weighted by Crippen LogP contribution is -2.33. The highest BCUT2D eigenvalue weighted by Crippen LogP contribution is 2.16. The average Bonchev–Trinajstić information content (AvgIpc) is 3.00. The molecule has 0 unspecified atom stereocenters. The van der Waals surface area contributed by atoms with Crippen LogP contribution in [0.5, 0.6) is 0 Å². The molecule has 0 bridgehead atoms. The van der Waals surface area contributed by atoms with Crippen LogP contribution in [-0.4, -0.2) is 26.1 Å². The zero-order chi connectivity index (χ0) is 14.6. The first-order valence-corrected chi connectivity index (χ1v) is 6.55. The number of rotatable bonds is 5. The van der Waals surface area contributed by atoms with Gasteiger partial charge in [0.15, 0.2) is 0 Å². The summed E-state index contributed by atoms with van der Waals surface area (Å²) in [6.07, 6.45) is 6.18. The average molecular weight is 270 g/mol. The van der Waals surface area contributed by atoms with E-state index in [1.54, 1.807) is 18.6 Å². The molecule has 2 rings (SSSR count). The molecule has 2 aromatic rings. The quantitative estimate of drug-likeness (QED) is 0.898. The summed E-state index contributed by atoms with van der Waals surface area (Å²) in [5, 5.41) is 12.3. The second-order valence-electron chi connectivity index (χ2n) is 5.16. The molecule has 0 radical (unpaired) electrons. The number of aryl methyl sites for hydroxylation is 1. The van der Waals surface area contributed by atoms with E-state index in [2.05, 4.69) is 40.2 Å². The van der Waals surface area contributed by atoms with Gasteiger partial charge in [0.25, 0.3) is 0 Å². The lowest BCUT2D eigenvalue weighted by molar-refractivity contribution is 0.377. The third-order valence-corrected chi connectivity index (χ3v) is 3.11. The normalized spacial score (nSPS) is 11.1. The Morgan fingerprint density at radius 1 is 1.40 bits per heavy atom. The molecule has 1 N–H and O–H groups in total. The van der Waals surface area contributed by atoms with Gasteiger partial charge >= 0.3 is 0 Å². The molecule has 2 heterocycles. The van der Waals surface area contributed by atoms with E-state index in [1.165, 1.54) is 0 Å². The summed E-state index contributed by atoms with van der Waals surface area (Å²) < 4.78 is 2.03. The number of imidazole rings is 1. The highest BCUT2D eigenvalue weighted by molar-refractivity contribution is 5.40. The van der Waals surface area contributed by atoms with Gasteiger partial charge in [-0.15, -0.1) is 0 Å². The van der Waals surface area contributed by atoms with Gasteiger partial charge in [0.2, 0.25) is 0 Å². The minimum atomic E-state index is -0.138. The molecule has 0 amide bonds. The molecule has 104 valence electrons. The van der Waals surface area contributed by atoms with Crippen molar-refractivity contribution in [3.63, 3.8) is 0 Å². The maximum absolute atomic E-state index is 8.98. The Kier molecular flexibility index (Phi) is 3.99. The summed E-state index contributed by atoms with van der Waals surface area (Å²) in [7, 11) is 0. The highest BCUT2D eigenvalue weighted by Gasteiger charge is 2.19. The number of nitrogens with zero attached hydrogens (tertiary/aromatic N) is 5. The van der Waals surface area contributed by atoms with Crippen LogP contribution in [0.25, 0.3) is 0 Å². The van der Waals surface area contributed by atoms with Crippen LogP contribution in [0.1, 0.15) is 32.3 Å². The summed E-state index contributed by atoms with van der Waals surface area (Å²) >= 11 is 0. The molecule has 0 atom stereocenters. The Labute approximate surface area is 118 Å². The molecule has 6 nitrogen and oxygen atoms in total. The van der Waals surface area contributed by atoms with Crippen LogP contribution in [0.3, 0.4) is 0 Å². The predicted molar refractivity (Wildman–Crippen MR) is 76.2 cm³/mol. The molecule has 20 heavy (non-hydrogen) atoms. The molecule has 0 fully saturated rings. The fourth-order valence-corrected chi connectivity index (χ4v) is 1.82. The van der Waals surface area contributed by atoms with Gasteiger partial charge in [-0.3, -0.25) is 0 Å². The van der Waals surface area contributed by atoms with Gasteiger partial charge < -0.3 is 9.88 Å². The Morgan fingerprint density at radius 3 is 2.80 bits per heavy atom. The van der Waals surface area contributed by atoms with Gasteiger partial charge in [0.05, 0.1) is 11.9 Å². The second kappa shape index (κ2) is 5.70. The first-order chi connectivity index (χ1) is 9.55. The minimum Gasteiger partial charge on any atom is -0.368 e. The van der Waals surface area contributed by atoms with Crippen LogP contribution in [-0.2, 0) is 12.0 Å². The smallest absolute Gasteiger partial charge is 0.146 e. The van der Waals surface area contributed by atoms with E-state index in [1.807, 2.05) is 17.7 Å². The molecular formula is C14H18N6. The van der Waals surface area contributed by atoms with E-state index < -0.39 is 0 Å². The molecule has 0 saturated carbocycles. The number of hydrogen-bond donors (Lipinski definition) is 1. The second-order valence-corrected chi connectivity index (χ2v) is 5.16. The van der Waals surface area contributed by atoms with Crippen molar-refractivity contribution in [1.29, 1.82) is 5.26 Å².